The number of hydrogen-bond acceptors (Lipinski definition) is 6. The summed E-state index contributed by atoms with van der Waals surface area (Å²) in [4.78, 5) is 12.4. The molecule has 0 aliphatic carbocycles. The highest BCUT2D eigenvalue weighted by Gasteiger charge is 2.26. The molecule has 1 heterocycles. The molecule has 1 aliphatic heterocycles. The molecule has 180 valence electrons. The number of amides is 1. The first-order chi connectivity index (χ1) is 15.8. The van der Waals surface area contributed by atoms with Gasteiger partial charge in [-0.3, -0.25) is 4.79 Å². The van der Waals surface area contributed by atoms with E-state index in [4.69, 9.17) is 14.2 Å². The van der Waals surface area contributed by atoms with Gasteiger partial charge in [-0.1, -0.05) is 12.5 Å². The molecular weight excluding hydrogens is 444 g/mol. The molecule has 3 rings (SSSR count). The smallest absolute Gasteiger partial charge is 0.257 e. The minimum absolute atomic E-state index is 0.148. The fourth-order valence-electron chi connectivity index (χ4n) is 3.78. The fraction of sp³-hybridized carbons (Fsp3) is 0.458. The quantitative estimate of drug-likeness (QED) is 0.567. The normalized spacial score (nSPS) is 14.5. The molecule has 0 unspecified atom stereocenters. The van der Waals surface area contributed by atoms with Gasteiger partial charge in [0.1, 0.15) is 5.75 Å². The maximum Gasteiger partial charge on any atom is 0.257 e. The van der Waals surface area contributed by atoms with E-state index in [9.17, 15) is 13.2 Å². The largest absolute Gasteiger partial charge is 0.493 e. The van der Waals surface area contributed by atoms with E-state index in [-0.39, 0.29) is 17.4 Å². The molecule has 0 radical (unpaired) electrons. The van der Waals surface area contributed by atoms with Crippen LogP contribution in [0.1, 0.15) is 30.4 Å². The maximum atomic E-state index is 12.8. The zero-order valence-electron chi connectivity index (χ0n) is 19.4. The van der Waals surface area contributed by atoms with Crippen molar-refractivity contribution in [3.63, 3.8) is 0 Å². The molecule has 0 bridgehead atoms. The third-order valence-electron chi connectivity index (χ3n) is 5.64. The number of methoxy groups -OCH3 is 2. The highest BCUT2D eigenvalue weighted by atomic mass is 32.2. The highest BCUT2D eigenvalue weighted by Crippen LogP contribution is 2.28. The van der Waals surface area contributed by atoms with Crippen molar-refractivity contribution in [2.45, 2.75) is 37.5 Å². The van der Waals surface area contributed by atoms with Crippen molar-refractivity contribution in [2.75, 3.05) is 40.5 Å². The van der Waals surface area contributed by atoms with Crippen LogP contribution in [-0.4, -0.2) is 59.1 Å². The average Bonchev–Trinajstić information content (AvgIpc) is 2.83. The third kappa shape index (κ3) is 6.39. The van der Waals surface area contributed by atoms with E-state index in [0.717, 1.165) is 24.8 Å². The van der Waals surface area contributed by atoms with Crippen LogP contribution in [-0.2, 0) is 21.2 Å². The molecule has 0 spiro atoms. The summed E-state index contributed by atoms with van der Waals surface area (Å²) in [7, 11) is -0.333. The molecule has 1 aliphatic rings. The Morgan fingerprint density at radius 1 is 0.970 bits per heavy atom. The number of nitrogens with one attached hydrogen (secondary N) is 1. The van der Waals surface area contributed by atoms with Gasteiger partial charge in [0.2, 0.25) is 10.0 Å². The van der Waals surface area contributed by atoms with Gasteiger partial charge in [-0.05, 0) is 67.6 Å². The molecule has 33 heavy (non-hydrogen) atoms. The Hall–Kier alpha value is -2.78. The number of piperidine rings is 1. The Kier molecular flexibility index (Phi) is 8.57. The van der Waals surface area contributed by atoms with Gasteiger partial charge in [0.15, 0.2) is 18.1 Å². The molecule has 9 heteroatoms. The molecular formula is C24H32N2O6S. The first kappa shape index (κ1) is 24.9. The van der Waals surface area contributed by atoms with Gasteiger partial charge in [-0.15, -0.1) is 0 Å². The van der Waals surface area contributed by atoms with Crippen LogP contribution >= 0.6 is 0 Å². The number of carbonyl (C=O) groups is 1. The molecule has 1 fully saturated rings. The molecule has 1 amide bonds. The van der Waals surface area contributed by atoms with Crippen LogP contribution in [0.4, 0.5) is 0 Å². The summed E-state index contributed by atoms with van der Waals surface area (Å²) in [6.45, 7) is 3.19. The molecule has 2 aromatic rings. The predicted octanol–water partition coefficient (Wildman–Crippen LogP) is 2.92. The van der Waals surface area contributed by atoms with Crippen LogP contribution in [0.5, 0.6) is 17.2 Å². The number of benzene rings is 2. The lowest BCUT2D eigenvalue weighted by molar-refractivity contribution is -0.123. The van der Waals surface area contributed by atoms with Crippen LogP contribution in [0, 0.1) is 6.92 Å². The van der Waals surface area contributed by atoms with Crippen LogP contribution in [0.25, 0.3) is 0 Å². The second-order valence-electron chi connectivity index (χ2n) is 7.97. The second kappa shape index (κ2) is 11.4. The van der Waals surface area contributed by atoms with Crippen molar-refractivity contribution in [3.05, 3.63) is 47.5 Å². The lowest BCUT2D eigenvalue weighted by Gasteiger charge is -2.26. The van der Waals surface area contributed by atoms with Crippen molar-refractivity contribution in [2.24, 2.45) is 0 Å². The summed E-state index contributed by atoms with van der Waals surface area (Å²) in [5.41, 5.74) is 1.68. The minimum Gasteiger partial charge on any atom is -0.493 e. The SMILES string of the molecule is COc1ccc(CCNC(=O)COc2ccc(S(=O)(=O)N3CCCCC3)cc2C)cc1OC. The summed E-state index contributed by atoms with van der Waals surface area (Å²) < 4.78 is 43.4. The van der Waals surface area contributed by atoms with Crippen molar-refractivity contribution in [1.82, 2.24) is 9.62 Å². The molecule has 0 saturated carbocycles. The highest BCUT2D eigenvalue weighted by molar-refractivity contribution is 7.89. The van der Waals surface area contributed by atoms with Crippen molar-refractivity contribution in [1.29, 1.82) is 0 Å². The monoisotopic (exact) mass is 476 g/mol. The van der Waals surface area contributed by atoms with E-state index in [1.807, 2.05) is 18.2 Å². The van der Waals surface area contributed by atoms with E-state index in [0.29, 0.717) is 48.9 Å². The molecule has 0 atom stereocenters. The molecule has 8 nitrogen and oxygen atoms in total. The number of sulfonamides is 1. The van der Waals surface area contributed by atoms with Crippen molar-refractivity contribution < 1.29 is 27.4 Å². The summed E-state index contributed by atoms with van der Waals surface area (Å²) in [6, 6.07) is 10.4. The van der Waals surface area contributed by atoms with Gasteiger partial charge in [0.25, 0.3) is 5.91 Å². The number of nitrogens with zero attached hydrogens (tertiary/aromatic N) is 1. The van der Waals surface area contributed by atoms with Gasteiger partial charge in [-0.25, -0.2) is 8.42 Å². The van der Waals surface area contributed by atoms with Gasteiger partial charge in [0.05, 0.1) is 19.1 Å². The van der Waals surface area contributed by atoms with Gasteiger partial charge < -0.3 is 19.5 Å². The van der Waals surface area contributed by atoms with Crippen molar-refractivity contribution >= 4 is 15.9 Å². The Bertz CT molecular complexity index is 1060. The van der Waals surface area contributed by atoms with Crippen molar-refractivity contribution in [3.8, 4) is 17.2 Å². The Labute approximate surface area is 195 Å². The molecule has 1 saturated heterocycles. The van der Waals surface area contributed by atoms with Crippen LogP contribution in [0.15, 0.2) is 41.3 Å². The van der Waals surface area contributed by atoms with Crippen LogP contribution < -0.4 is 19.5 Å². The first-order valence-electron chi connectivity index (χ1n) is 11.1. The number of rotatable bonds is 10. The van der Waals surface area contributed by atoms with E-state index in [1.165, 1.54) is 4.31 Å². The summed E-state index contributed by atoms with van der Waals surface area (Å²) in [5, 5.41) is 2.83. The maximum absolute atomic E-state index is 12.8. The molecule has 0 aromatic heterocycles. The predicted molar refractivity (Wildman–Crippen MR) is 126 cm³/mol. The fourth-order valence-corrected chi connectivity index (χ4v) is 5.38. The van der Waals surface area contributed by atoms with E-state index in [2.05, 4.69) is 5.32 Å². The lowest BCUT2D eigenvalue weighted by Crippen LogP contribution is -2.35. The Balaban J connectivity index is 1.50. The third-order valence-corrected chi connectivity index (χ3v) is 7.54. The van der Waals surface area contributed by atoms with E-state index >= 15 is 0 Å². The van der Waals surface area contributed by atoms with Crippen LogP contribution in [0.3, 0.4) is 0 Å². The first-order valence-corrected chi connectivity index (χ1v) is 12.5. The molecule has 2 aromatic carbocycles. The zero-order valence-corrected chi connectivity index (χ0v) is 20.2. The number of hydrogen-bond donors (Lipinski definition) is 1. The Morgan fingerprint density at radius 2 is 1.67 bits per heavy atom. The van der Waals surface area contributed by atoms with E-state index in [1.54, 1.807) is 39.3 Å². The number of aryl methyl sites for hydroxylation is 1. The topological polar surface area (TPSA) is 94.2 Å². The number of carbonyl (C=O) groups excluding carboxylic acids is 1. The Morgan fingerprint density at radius 3 is 2.33 bits per heavy atom. The standard InChI is InChI=1S/C24H32N2O6S/c1-18-15-20(33(28,29)26-13-5-4-6-14-26)8-10-21(18)32-17-24(27)25-12-11-19-7-9-22(30-2)23(16-19)31-3/h7-10,15-16H,4-6,11-14,17H2,1-3H3,(H,25,27). The lowest BCUT2D eigenvalue weighted by atomic mass is 10.1. The summed E-state index contributed by atoms with van der Waals surface area (Å²) >= 11 is 0. The van der Waals surface area contributed by atoms with E-state index < -0.39 is 10.0 Å². The number of ether oxygens (including phenoxy) is 3. The molecule has 1 N–H and O–H groups in total. The summed E-state index contributed by atoms with van der Waals surface area (Å²) in [6.07, 6.45) is 3.48. The average molecular weight is 477 g/mol. The van der Waals surface area contributed by atoms with Gasteiger partial charge in [-0.2, -0.15) is 4.31 Å². The summed E-state index contributed by atoms with van der Waals surface area (Å²) in [5.74, 6) is 1.54. The minimum atomic E-state index is -3.50. The second-order valence-corrected chi connectivity index (χ2v) is 9.91. The van der Waals surface area contributed by atoms with Gasteiger partial charge in [0, 0.05) is 19.6 Å². The van der Waals surface area contributed by atoms with Gasteiger partial charge >= 0.3 is 0 Å². The zero-order chi connectivity index (χ0) is 23.8. The van der Waals surface area contributed by atoms with Crippen LogP contribution in [0.2, 0.25) is 0 Å².